The molecule has 0 amide bonds. The fourth-order valence-electron chi connectivity index (χ4n) is 3.12. The largest absolute Gasteiger partial charge is 0.489 e. The zero-order valence-corrected chi connectivity index (χ0v) is 13.6. The Bertz CT molecular complexity index is 749. The van der Waals surface area contributed by atoms with Crippen molar-refractivity contribution in [1.29, 1.82) is 0 Å². The van der Waals surface area contributed by atoms with Gasteiger partial charge in [-0.3, -0.25) is 4.79 Å². The Morgan fingerprint density at radius 2 is 1.92 bits per heavy atom. The van der Waals surface area contributed by atoms with Crippen molar-refractivity contribution in [3.63, 3.8) is 0 Å². The highest BCUT2D eigenvalue weighted by Crippen LogP contribution is 2.29. The first-order valence-corrected chi connectivity index (χ1v) is 8.18. The summed E-state index contributed by atoms with van der Waals surface area (Å²) < 4.78 is 31.7. The molecule has 132 valence electrons. The quantitative estimate of drug-likeness (QED) is 0.858. The lowest BCUT2D eigenvalue weighted by atomic mass is 10.1. The highest BCUT2D eigenvalue weighted by molar-refractivity contribution is 5.69. The third kappa shape index (κ3) is 4.26. The van der Waals surface area contributed by atoms with Crippen LogP contribution >= 0.6 is 0 Å². The summed E-state index contributed by atoms with van der Waals surface area (Å²) >= 11 is 0. The molecule has 0 spiro atoms. The Kier molecular flexibility index (Phi) is 5.16. The summed E-state index contributed by atoms with van der Waals surface area (Å²) in [4.78, 5) is 13.1. The topological polar surface area (TPSA) is 49.8 Å². The standard InChI is InChI=1S/C19H19F2NO3/c20-17-8-3-13(10-18(17)21)12-25-16-6-4-14(5-7-16)22-9-1-2-15(22)11-19(23)24/h3-8,10,15H,1-2,9,11-12H2,(H,23,24). The number of nitrogens with zero attached hydrogens (tertiary/aromatic N) is 1. The second kappa shape index (κ2) is 7.51. The lowest BCUT2D eigenvalue weighted by Crippen LogP contribution is -2.31. The number of rotatable bonds is 6. The van der Waals surface area contributed by atoms with Gasteiger partial charge in [-0.1, -0.05) is 6.07 Å². The summed E-state index contributed by atoms with van der Waals surface area (Å²) in [5.41, 5.74) is 1.51. The number of halogens is 2. The third-order valence-corrected chi connectivity index (χ3v) is 4.35. The summed E-state index contributed by atoms with van der Waals surface area (Å²) in [6.45, 7) is 0.981. The van der Waals surface area contributed by atoms with Crippen LogP contribution in [0.4, 0.5) is 14.5 Å². The number of aliphatic carboxylic acids is 1. The van der Waals surface area contributed by atoms with E-state index in [2.05, 4.69) is 4.90 Å². The molecule has 1 aliphatic rings. The van der Waals surface area contributed by atoms with Crippen LogP contribution in [0.5, 0.6) is 5.75 Å². The molecule has 0 aromatic heterocycles. The van der Waals surface area contributed by atoms with Crippen LogP contribution in [0, 0.1) is 11.6 Å². The van der Waals surface area contributed by atoms with Gasteiger partial charge in [0.15, 0.2) is 11.6 Å². The second-order valence-electron chi connectivity index (χ2n) is 6.12. The number of hydrogen-bond donors (Lipinski definition) is 1. The van der Waals surface area contributed by atoms with Gasteiger partial charge in [-0.25, -0.2) is 8.78 Å². The van der Waals surface area contributed by atoms with Gasteiger partial charge in [-0.05, 0) is 54.8 Å². The molecular weight excluding hydrogens is 328 g/mol. The van der Waals surface area contributed by atoms with Gasteiger partial charge in [-0.15, -0.1) is 0 Å². The van der Waals surface area contributed by atoms with Crippen molar-refractivity contribution in [1.82, 2.24) is 0 Å². The Labute approximate surface area is 144 Å². The smallest absolute Gasteiger partial charge is 0.305 e. The van der Waals surface area contributed by atoms with Gasteiger partial charge in [0.2, 0.25) is 0 Å². The van der Waals surface area contributed by atoms with Crippen molar-refractivity contribution >= 4 is 11.7 Å². The first kappa shape index (κ1) is 17.2. The fraction of sp³-hybridized carbons (Fsp3) is 0.316. The van der Waals surface area contributed by atoms with E-state index in [0.29, 0.717) is 11.3 Å². The highest BCUT2D eigenvalue weighted by Gasteiger charge is 2.26. The van der Waals surface area contributed by atoms with Crippen molar-refractivity contribution in [2.24, 2.45) is 0 Å². The molecule has 2 aromatic rings. The second-order valence-corrected chi connectivity index (χ2v) is 6.12. The maximum atomic E-state index is 13.2. The van der Waals surface area contributed by atoms with Crippen LogP contribution in [0.2, 0.25) is 0 Å². The molecule has 1 N–H and O–H groups in total. The number of hydrogen-bond acceptors (Lipinski definition) is 3. The van der Waals surface area contributed by atoms with Crippen LogP contribution in [-0.2, 0) is 11.4 Å². The lowest BCUT2D eigenvalue weighted by Gasteiger charge is -2.25. The van der Waals surface area contributed by atoms with E-state index < -0.39 is 17.6 Å². The predicted octanol–water partition coefficient (Wildman–Crippen LogP) is 3.99. The summed E-state index contributed by atoms with van der Waals surface area (Å²) in [6.07, 6.45) is 1.99. The van der Waals surface area contributed by atoms with E-state index in [-0.39, 0.29) is 19.1 Å². The first-order valence-electron chi connectivity index (χ1n) is 8.18. The minimum Gasteiger partial charge on any atom is -0.489 e. The van der Waals surface area contributed by atoms with E-state index >= 15 is 0 Å². The van der Waals surface area contributed by atoms with Gasteiger partial charge >= 0.3 is 5.97 Å². The molecule has 1 atom stereocenters. The van der Waals surface area contributed by atoms with Crippen molar-refractivity contribution < 1.29 is 23.4 Å². The van der Waals surface area contributed by atoms with E-state index in [1.165, 1.54) is 6.07 Å². The van der Waals surface area contributed by atoms with Crippen LogP contribution in [0.25, 0.3) is 0 Å². The molecule has 25 heavy (non-hydrogen) atoms. The highest BCUT2D eigenvalue weighted by atomic mass is 19.2. The minimum absolute atomic E-state index is 0.0199. The molecule has 0 radical (unpaired) electrons. The Morgan fingerprint density at radius 1 is 1.16 bits per heavy atom. The minimum atomic E-state index is -0.894. The molecule has 3 rings (SSSR count). The van der Waals surface area contributed by atoms with Gasteiger partial charge in [0.05, 0.1) is 6.42 Å². The molecule has 4 nitrogen and oxygen atoms in total. The van der Waals surface area contributed by atoms with E-state index in [1.807, 2.05) is 12.1 Å². The molecule has 0 aliphatic carbocycles. The van der Waals surface area contributed by atoms with E-state index in [0.717, 1.165) is 37.2 Å². The fourth-order valence-corrected chi connectivity index (χ4v) is 3.12. The maximum Gasteiger partial charge on any atom is 0.305 e. The summed E-state index contributed by atoms with van der Waals surface area (Å²) in [5, 5.41) is 9.00. The van der Waals surface area contributed by atoms with Crippen molar-refractivity contribution in [3.8, 4) is 5.75 Å². The normalized spacial score (nSPS) is 16.9. The number of carboxylic acids is 1. The monoisotopic (exact) mass is 347 g/mol. The zero-order chi connectivity index (χ0) is 17.8. The predicted molar refractivity (Wildman–Crippen MR) is 89.8 cm³/mol. The molecule has 1 aliphatic heterocycles. The summed E-state index contributed by atoms with van der Waals surface area (Å²) in [5.74, 6) is -1.95. The number of carboxylic acid groups (broad SMARTS) is 1. The van der Waals surface area contributed by atoms with E-state index in [1.54, 1.807) is 12.1 Å². The first-order chi connectivity index (χ1) is 12.0. The molecule has 2 aromatic carbocycles. The molecule has 1 heterocycles. The SMILES string of the molecule is O=C(O)CC1CCCN1c1ccc(OCc2ccc(F)c(F)c2)cc1. The molecule has 0 bridgehead atoms. The third-order valence-electron chi connectivity index (χ3n) is 4.35. The Balaban J connectivity index is 1.62. The van der Waals surface area contributed by atoms with Crippen molar-refractivity contribution in [2.75, 3.05) is 11.4 Å². The average molecular weight is 347 g/mol. The van der Waals surface area contributed by atoms with Crippen molar-refractivity contribution in [3.05, 3.63) is 59.7 Å². The molecule has 1 fully saturated rings. The van der Waals surface area contributed by atoms with Gasteiger partial charge < -0.3 is 14.7 Å². The van der Waals surface area contributed by atoms with Gasteiger partial charge in [-0.2, -0.15) is 0 Å². The number of carbonyl (C=O) groups is 1. The van der Waals surface area contributed by atoms with E-state index in [4.69, 9.17) is 9.84 Å². The Hall–Kier alpha value is -2.63. The van der Waals surface area contributed by atoms with Crippen molar-refractivity contribution in [2.45, 2.75) is 31.9 Å². The molecule has 0 saturated carbocycles. The van der Waals surface area contributed by atoms with Crippen LogP contribution in [0.3, 0.4) is 0 Å². The van der Waals surface area contributed by atoms with Gasteiger partial charge in [0, 0.05) is 18.3 Å². The molecule has 6 heteroatoms. The van der Waals surface area contributed by atoms with Crippen LogP contribution in [0.15, 0.2) is 42.5 Å². The Morgan fingerprint density at radius 3 is 2.60 bits per heavy atom. The molecule has 1 unspecified atom stereocenters. The van der Waals surface area contributed by atoms with Crippen LogP contribution in [-0.4, -0.2) is 23.7 Å². The van der Waals surface area contributed by atoms with Crippen LogP contribution in [0.1, 0.15) is 24.8 Å². The molecule has 1 saturated heterocycles. The maximum absolute atomic E-state index is 13.2. The number of anilines is 1. The lowest BCUT2D eigenvalue weighted by molar-refractivity contribution is -0.137. The zero-order valence-electron chi connectivity index (χ0n) is 13.6. The number of ether oxygens (including phenoxy) is 1. The van der Waals surface area contributed by atoms with Gasteiger partial charge in [0.25, 0.3) is 0 Å². The van der Waals surface area contributed by atoms with E-state index in [9.17, 15) is 13.6 Å². The summed E-state index contributed by atoms with van der Waals surface area (Å²) in [7, 11) is 0. The van der Waals surface area contributed by atoms with Gasteiger partial charge in [0.1, 0.15) is 12.4 Å². The average Bonchev–Trinajstić information content (AvgIpc) is 3.04. The van der Waals surface area contributed by atoms with Crippen LogP contribution < -0.4 is 9.64 Å². The summed E-state index contributed by atoms with van der Waals surface area (Å²) in [6, 6.07) is 11.1. The molecular formula is C19H19F2NO3. The number of benzene rings is 2.